The van der Waals surface area contributed by atoms with E-state index in [0.717, 1.165) is 16.0 Å². The molecule has 2 aliphatic rings. The van der Waals surface area contributed by atoms with E-state index in [0.29, 0.717) is 28.5 Å². The van der Waals surface area contributed by atoms with Crippen molar-refractivity contribution in [3.05, 3.63) is 83.8 Å². The van der Waals surface area contributed by atoms with Crippen molar-refractivity contribution in [2.75, 3.05) is 18.6 Å². The Kier molecular flexibility index (Phi) is 5.85. The molecule has 0 saturated carbocycles. The molecule has 1 unspecified atom stereocenters. The van der Waals surface area contributed by atoms with Gasteiger partial charge in [-0.2, -0.15) is 5.10 Å². The number of carbonyl (C=O) groups excluding carboxylic acids is 4. The van der Waals surface area contributed by atoms with Gasteiger partial charge in [0, 0.05) is 6.42 Å². The first-order valence-corrected chi connectivity index (χ1v) is 11.2. The van der Waals surface area contributed by atoms with Crippen molar-refractivity contribution < 1.29 is 28.3 Å². The number of urea groups is 1. The molecule has 1 aromatic heterocycles. The molecule has 1 atom stereocenters. The minimum atomic E-state index is -1.08. The highest BCUT2D eigenvalue weighted by Crippen LogP contribution is 2.34. The standard InChI is InChI=1S/C26H22N4O6/c1-16-5-7-17(8-6-16)20-14-21(22-4-3-13-36-22)30(27-20)23(31)15-28-24(32)25(33)29(26(28)34)18-9-11-19(35-2)12-10-18/h3-13,21H,14-15H2,1-2H3. The van der Waals surface area contributed by atoms with E-state index >= 15 is 0 Å². The van der Waals surface area contributed by atoms with Crippen molar-refractivity contribution in [3.63, 3.8) is 0 Å². The summed E-state index contributed by atoms with van der Waals surface area (Å²) in [6.45, 7) is 1.33. The molecule has 2 aliphatic heterocycles. The number of benzene rings is 2. The number of hydrogen-bond donors (Lipinski definition) is 0. The smallest absolute Gasteiger partial charge is 0.339 e. The summed E-state index contributed by atoms with van der Waals surface area (Å²) in [7, 11) is 1.49. The third kappa shape index (κ3) is 4.02. The fourth-order valence-electron chi connectivity index (χ4n) is 4.17. The van der Waals surface area contributed by atoms with Gasteiger partial charge in [-0.1, -0.05) is 29.8 Å². The number of aryl methyl sites for hydroxylation is 1. The van der Waals surface area contributed by atoms with Gasteiger partial charge in [0.25, 0.3) is 5.91 Å². The molecule has 0 bridgehead atoms. The fourth-order valence-corrected chi connectivity index (χ4v) is 4.17. The van der Waals surface area contributed by atoms with E-state index in [4.69, 9.17) is 9.15 Å². The van der Waals surface area contributed by atoms with Crippen LogP contribution >= 0.6 is 0 Å². The Bertz CT molecular complexity index is 1360. The second-order valence-electron chi connectivity index (χ2n) is 8.40. The minimum Gasteiger partial charge on any atom is -0.497 e. The zero-order valence-corrected chi connectivity index (χ0v) is 19.6. The number of anilines is 1. The lowest BCUT2D eigenvalue weighted by Crippen LogP contribution is -2.42. The highest BCUT2D eigenvalue weighted by molar-refractivity contribution is 6.53. The van der Waals surface area contributed by atoms with E-state index < -0.39 is 36.3 Å². The summed E-state index contributed by atoms with van der Waals surface area (Å²) < 4.78 is 10.6. The molecule has 1 fully saturated rings. The van der Waals surface area contributed by atoms with Crippen LogP contribution in [0.5, 0.6) is 5.75 Å². The Morgan fingerprint density at radius 3 is 2.39 bits per heavy atom. The second kappa shape index (κ2) is 9.14. The SMILES string of the molecule is COc1ccc(N2C(=O)C(=O)N(CC(=O)N3N=C(c4ccc(C)cc4)CC3c3ccco3)C2=O)cc1. The first kappa shape index (κ1) is 23.0. The van der Waals surface area contributed by atoms with Crippen LogP contribution < -0.4 is 9.64 Å². The van der Waals surface area contributed by atoms with Gasteiger partial charge in [-0.3, -0.25) is 14.4 Å². The predicted octanol–water partition coefficient (Wildman–Crippen LogP) is 3.27. The lowest BCUT2D eigenvalue weighted by atomic mass is 10.0. The molecule has 0 spiro atoms. The molecule has 0 N–H and O–H groups in total. The summed E-state index contributed by atoms with van der Waals surface area (Å²) in [6.07, 6.45) is 1.89. The van der Waals surface area contributed by atoms with E-state index in [1.807, 2.05) is 31.2 Å². The molecule has 2 aromatic carbocycles. The van der Waals surface area contributed by atoms with Crippen molar-refractivity contribution >= 4 is 35.2 Å². The quantitative estimate of drug-likeness (QED) is 0.390. The molecule has 3 heterocycles. The summed E-state index contributed by atoms with van der Waals surface area (Å²) in [5.41, 5.74) is 2.80. The fraction of sp³-hybridized carbons (Fsp3) is 0.192. The van der Waals surface area contributed by atoms with Gasteiger partial charge >= 0.3 is 17.8 Å². The predicted molar refractivity (Wildman–Crippen MR) is 128 cm³/mol. The molecule has 0 aliphatic carbocycles. The van der Waals surface area contributed by atoms with Crippen LogP contribution in [0.3, 0.4) is 0 Å². The molecule has 10 heteroatoms. The number of furan rings is 1. The van der Waals surface area contributed by atoms with E-state index in [2.05, 4.69) is 5.10 Å². The van der Waals surface area contributed by atoms with Crippen LogP contribution in [-0.2, 0) is 14.4 Å². The summed E-state index contributed by atoms with van der Waals surface area (Å²) in [5, 5.41) is 5.73. The van der Waals surface area contributed by atoms with E-state index in [1.54, 1.807) is 24.3 Å². The highest BCUT2D eigenvalue weighted by Gasteiger charge is 2.47. The van der Waals surface area contributed by atoms with Crippen molar-refractivity contribution in [1.82, 2.24) is 9.91 Å². The zero-order chi connectivity index (χ0) is 25.4. The number of nitrogens with zero attached hydrogens (tertiary/aromatic N) is 4. The Hall–Kier alpha value is -4.73. The third-order valence-corrected chi connectivity index (χ3v) is 6.10. The number of carbonyl (C=O) groups is 4. The Morgan fingerprint density at radius 1 is 1.03 bits per heavy atom. The van der Waals surface area contributed by atoms with Crippen molar-refractivity contribution in [2.24, 2.45) is 5.10 Å². The monoisotopic (exact) mass is 486 g/mol. The molecule has 10 nitrogen and oxygen atoms in total. The van der Waals surface area contributed by atoms with Gasteiger partial charge in [-0.05, 0) is 48.9 Å². The van der Waals surface area contributed by atoms with Crippen LogP contribution in [0, 0.1) is 6.92 Å². The van der Waals surface area contributed by atoms with Crippen LogP contribution in [0.25, 0.3) is 0 Å². The molecule has 1 saturated heterocycles. The number of methoxy groups -OCH3 is 1. The van der Waals surface area contributed by atoms with Gasteiger partial charge in [0.2, 0.25) is 0 Å². The second-order valence-corrected chi connectivity index (χ2v) is 8.40. The van der Waals surface area contributed by atoms with Crippen molar-refractivity contribution in [1.29, 1.82) is 0 Å². The van der Waals surface area contributed by atoms with Crippen LogP contribution in [0.4, 0.5) is 10.5 Å². The van der Waals surface area contributed by atoms with E-state index in [9.17, 15) is 19.2 Å². The van der Waals surface area contributed by atoms with Crippen LogP contribution in [0.2, 0.25) is 0 Å². The highest BCUT2D eigenvalue weighted by atomic mass is 16.5. The maximum atomic E-state index is 13.3. The first-order valence-electron chi connectivity index (χ1n) is 11.2. The van der Waals surface area contributed by atoms with Crippen LogP contribution in [0.15, 0.2) is 76.4 Å². The summed E-state index contributed by atoms with van der Waals surface area (Å²) in [6, 6.07) is 15.8. The lowest BCUT2D eigenvalue weighted by molar-refractivity contribution is -0.143. The number of amides is 5. The average Bonchev–Trinajstić information content (AvgIpc) is 3.61. The maximum Gasteiger partial charge on any atom is 0.339 e. The minimum absolute atomic E-state index is 0.198. The van der Waals surface area contributed by atoms with E-state index in [1.165, 1.54) is 30.5 Å². The molecule has 3 aromatic rings. The molecule has 182 valence electrons. The molecule has 5 amide bonds. The Balaban J connectivity index is 1.40. The summed E-state index contributed by atoms with van der Waals surface area (Å²) in [4.78, 5) is 53.0. The molecular formula is C26H22N4O6. The maximum absolute atomic E-state index is 13.3. The van der Waals surface area contributed by atoms with E-state index in [-0.39, 0.29) is 5.69 Å². The van der Waals surface area contributed by atoms with Crippen molar-refractivity contribution in [2.45, 2.75) is 19.4 Å². The topological polar surface area (TPSA) is 113 Å². The third-order valence-electron chi connectivity index (χ3n) is 6.10. The number of hydrazone groups is 1. The summed E-state index contributed by atoms with van der Waals surface area (Å²) >= 11 is 0. The van der Waals surface area contributed by atoms with Gasteiger partial charge in [-0.15, -0.1) is 0 Å². The van der Waals surface area contributed by atoms with Gasteiger partial charge in [-0.25, -0.2) is 19.6 Å². The molecule has 5 rings (SSSR count). The zero-order valence-electron chi connectivity index (χ0n) is 19.6. The number of hydrogen-bond acceptors (Lipinski definition) is 7. The van der Waals surface area contributed by atoms with Gasteiger partial charge in [0.05, 0.1) is 24.8 Å². The number of ether oxygens (including phenoxy) is 1. The molecule has 0 radical (unpaired) electrons. The Labute approximate surface area is 206 Å². The van der Waals surface area contributed by atoms with Gasteiger partial charge < -0.3 is 9.15 Å². The normalized spacial score (nSPS) is 17.7. The number of imide groups is 2. The first-order chi connectivity index (χ1) is 17.4. The van der Waals surface area contributed by atoms with Crippen molar-refractivity contribution in [3.8, 4) is 5.75 Å². The average molecular weight is 486 g/mol. The van der Waals surface area contributed by atoms with Gasteiger partial charge in [0.1, 0.15) is 24.1 Å². The Morgan fingerprint density at radius 2 is 1.75 bits per heavy atom. The van der Waals surface area contributed by atoms with Crippen LogP contribution in [0.1, 0.15) is 29.3 Å². The molecular weight excluding hydrogens is 464 g/mol. The number of rotatable bonds is 6. The largest absolute Gasteiger partial charge is 0.497 e. The van der Waals surface area contributed by atoms with Crippen LogP contribution in [-0.4, -0.2) is 53.0 Å². The van der Waals surface area contributed by atoms with Gasteiger partial charge in [0.15, 0.2) is 0 Å². The molecule has 36 heavy (non-hydrogen) atoms. The lowest BCUT2D eigenvalue weighted by Gasteiger charge is -2.22. The summed E-state index contributed by atoms with van der Waals surface area (Å²) in [5.74, 6) is -1.70.